The number of aliphatic carboxylic acids is 1. The first-order valence-electron chi connectivity index (χ1n) is 11.0. The van der Waals surface area contributed by atoms with Gasteiger partial charge in [-0.2, -0.15) is 0 Å². The van der Waals surface area contributed by atoms with E-state index in [4.69, 9.17) is 30.9 Å². The van der Waals surface area contributed by atoms with Gasteiger partial charge in [-0.1, -0.05) is 30.2 Å². The molecule has 1 aliphatic rings. The summed E-state index contributed by atoms with van der Waals surface area (Å²) in [4.78, 5) is 35.3. The normalized spacial score (nSPS) is 18.8. The number of carbonyl (C=O) groups excluding carboxylic acids is 2. The van der Waals surface area contributed by atoms with Crippen molar-refractivity contribution in [1.29, 1.82) is 0 Å². The smallest absolute Gasteiger partial charge is 0.303 e. The van der Waals surface area contributed by atoms with E-state index in [1.165, 1.54) is 13.0 Å². The molecule has 0 radical (unpaired) electrons. The third-order valence-electron chi connectivity index (χ3n) is 5.51. The second-order valence-electron chi connectivity index (χ2n) is 7.96. The van der Waals surface area contributed by atoms with Gasteiger partial charge in [-0.05, 0) is 62.3 Å². The Morgan fingerprint density at radius 3 is 2.45 bits per heavy atom. The molecule has 7 nitrogen and oxygen atoms in total. The van der Waals surface area contributed by atoms with E-state index >= 15 is 0 Å². The first-order valence-corrected chi connectivity index (χ1v) is 11.4. The number of esters is 1. The number of aryl methyl sites for hydroxylation is 1. The maximum atomic E-state index is 12.7. The number of unbranched alkanes of at least 4 members (excludes halogenated alkanes) is 3. The van der Waals surface area contributed by atoms with E-state index in [1.54, 1.807) is 20.3 Å². The van der Waals surface area contributed by atoms with Crippen LogP contribution in [0.2, 0.25) is 0 Å². The lowest BCUT2D eigenvalue weighted by Crippen LogP contribution is -2.34. The Kier molecular flexibility index (Phi) is 9.97. The van der Waals surface area contributed by atoms with Crippen molar-refractivity contribution in [1.82, 2.24) is 0 Å². The van der Waals surface area contributed by atoms with E-state index < -0.39 is 17.5 Å². The van der Waals surface area contributed by atoms with Crippen LogP contribution in [0, 0.1) is 0 Å². The molecule has 0 bridgehead atoms. The van der Waals surface area contributed by atoms with Crippen LogP contribution in [0.3, 0.4) is 0 Å². The van der Waals surface area contributed by atoms with E-state index in [1.807, 2.05) is 18.2 Å². The zero-order chi connectivity index (χ0) is 24.4. The molecular weight excluding hydrogens is 448 g/mol. The van der Waals surface area contributed by atoms with E-state index in [2.05, 4.69) is 0 Å². The number of ketones is 1. The molecular formula is C25H31ClO7. The zero-order valence-electron chi connectivity index (χ0n) is 19.3. The maximum absolute atomic E-state index is 12.7. The minimum absolute atomic E-state index is 0.0412. The number of benzene rings is 1. The molecule has 8 heteroatoms. The summed E-state index contributed by atoms with van der Waals surface area (Å²) < 4.78 is 16.3. The average molecular weight is 479 g/mol. The summed E-state index contributed by atoms with van der Waals surface area (Å²) in [5.74, 6) is -0.383. The Bertz CT molecular complexity index is 935. The summed E-state index contributed by atoms with van der Waals surface area (Å²) in [6.45, 7) is 1.31. The quantitative estimate of drug-likeness (QED) is 0.242. The molecule has 0 spiro atoms. The van der Waals surface area contributed by atoms with Crippen molar-refractivity contribution in [3.63, 3.8) is 0 Å². The molecule has 0 amide bonds. The molecule has 1 aromatic rings. The number of halogens is 1. The summed E-state index contributed by atoms with van der Waals surface area (Å²) in [6, 6.07) is 5.67. The molecule has 2 rings (SSSR count). The van der Waals surface area contributed by atoms with Crippen molar-refractivity contribution in [2.24, 2.45) is 0 Å². The number of hydrogen-bond acceptors (Lipinski definition) is 6. The van der Waals surface area contributed by atoms with Gasteiger partial charge in [-0.3, -0.25) is 14.4 Å². The second-order valence-corrected chi connectivity index (χ2v) is 8.37. The predicted octanol–water partition coefficient (Wildman–Crippen LogP) is 5.00. The molecule has 1 aliphatic carbocycles. The fraction of sp³-hybridized carbons (Fsp3) is 0.480. The Morgan fingerprint density at radius 1 is 1.09 bits per heavy atom. The zero-order valence-corrected chi connectivity index (χ0v) is 20.1. The average Bonchev–Trinajstić information content (AvgIpc) is 2.99. The first kappa shape index (κ1) is 26.5. The highest BCUT2D eigenvalue weighted by Crippen LogP contribution is 2.40. The fourth-order valence-electron chi connectivity index (χ4n) is 3.97. The van der Waals surface area contributed by atoms with Gasteiger partial charge in [0.15, 0.2) is 17.1 Å². The van der Waals surface area contributed by atoms with Crippen LogP contribution in [-0.2, 0) is 25.5 Å². The fourth-order valence-corrected chi connectivity index (χ4v) is 4.25. The Balaban J connectivity index is 2.12. The number of rotatable bonds is 13. The summed E-state index contributed by atoms with van der Waals surface area (Å²) in [6.07, 6.45) is 7.72. The van der Waals surface area contributed by atoms with Crippen LogP contribution in [0.5, 0.6) is 11.5 Å². The van der Waals surface area contributed by atoms with Crippen LogP contribution in [0.4, 0.5) is 0 Å². The highest BCUT2D eigenvalue weighted by atomic mass is 35.5. The van der Waals surface area contributed by atoms with Crippen molar-refractivity contribution < 1.29 is 33.7 Å². The minimum atomic E-state index is -1.20. The van der Waals surface area contributed by atoms with Gasteiger partial charge >= 0.3 is 11.9 Å². The molecule has 0 heterocycles. The highest BCUT2D eigenvalue weighted by Gasteiger charge is 2.45. The van der Waals surface area contributed by atoms with Crippen LogP contribution in [-0.4, -0.2) is 42.6 Å². The van der Waals surface area contributed by atoms with Gasteiger partial charge in [0.05, 0.1) is 19.3 Å². The van der Waals surface area contributed by atoms with Crippen molar-refractivity contribution in [3.05, 3.63) is 46.5 Å². The lowest BCUT2D eigenvalue weighted by atomic mass is 9.88. The number of hydrogen-bond donors (Lipinski definition) is 1. The number of carboxylic acids is 1. The van der Waals surface area contributed by atoms with E-state index in [0.717, 1.165) is 18.4 Å². The third kappa shape index (κ3) is 7.35. The minimum Gasteiger partial charge on any atom is -0.493 e. The van der Waals surface area contributed by atoms with Crippen molar-refractivity contribution in [2.45, 2.75) is 63.9 Å². The number of carbonyl (C=O) groups is 3. The Morgan fingerprint density at radius 2 is 1.82 bits per heavy atom. The Hall–Kier alpha value is -2.80. The largest absolute Gasteiger partial charge is 0.493 e. The van der Waals surface area contributed by atoms with Gasteiger partial charge in [-0.25, -0.2) is 0 Å². The standard InChI is InChI=1S/C25H31ClO7/c1-17(27)33-25(14-8-9-18-12-13-21(31-2)22(15-18)32-3)16-20(26)24(30)19(25)10-6-4-5-7-11-23(28)29/h10,12-13,15-16H,4-9,11,14H2,1-3H3,(H,28,29)/b19-10-. The van der Waals surface area contributed by atoms with Gasteiger partial charge in [0, 0.05) is 18.9 Å². The number of ether oxygens (including phenoxy) is 3. The number of allylic oxidation sites excluding steroid dienone is 2. The topological polar surface area (TPSA) is 99.1 Å². The molecule has 1 aromatic carbocycles. The molecule has 0 saturated heterocycles. The summed E-state index contributed by atoms with van der Waals surface area (Å²) in [7, 11) is 3.15. The SMILES string of the molecule is COc1ccc(CCCC2(OC(C)=O)C=C(Cl)C(=O)/C2=C/CCCCCC(=O)O)cc1OC. The lowest BCUT2D eigenvalue weighted by Gasteiger charge is -2.28. The predicted molar refractivity (Wildman–Crippen MR) is 125 cm³/mol. The van der Waals surface area contributed by atoms with E-state index in [9.17, 15) is 14.4 Å². The monoisotopic (exact) mass is 478 g/mol. The number of carboxylic acid groups (broad SMARTS) is 1. The van der Waals surface area contributed by atoms with Crippen LogP contribution in [0.15, 0.2) is 41.0 Å². The summed E-state index contributed by atoms with van der Waals surface area (Å²) in [5, 5.41) is 8.78. The highest BCUT2D eigenvalue weighted by molar-refractivity contribution is 6.46. The summed E-state index contributed by atoms with van der Waals surface area (Å²) in [5.41, 5.74) is 0.194. The van der Waals surface area contributed by atoms with Crippen molar-refractivity contribution >= 4 is 29.3 Å². The van der Waals surface area contributed by atoms with Gasteiger partial charge in [-0.15, -0.1) is 0 Å². The number of methoxy groups -OCH3 is 2. The maximum Gasteiger partial charge on any atom is 0.303 e. The van der Waals surface area contributed by atoms with Gasteiger partial charge < -0.3 is 19.3 Å². The summed E-state index contributed by atoms with van der Waals surface area (Å²) >= 11 is 6.18. The molecule has 180 valence electrons. The van der Waals surface area contributed by atoms with Crippen LogP contribution >= 0.6 is 11.6 Å². The molecule has 0 saturated carbocycles. The van der Waals surface area contributed by atoms with Gasteiger partial charge in [0.25, 0.3) is 0 Å². The van der Waals surface area contributed by atoms with Crippen LogP contribution in [0.25, 0.3) is 0 Å². The third-order valence-corrected chi connectivity index (χ3v) is 5.79. The molecule has 1 N–H and O–H groups in total. The molecule has 0 aliphatic heterocycles. The van der Waals surface area contributed by atoms with E-state index in [0.29, 0.717) is 49.2 Å². The molecule has 1 unspecified atom stereocenters. The van der Waals surface area contributed by atoms with Gasteiger partial charge in [0.1, 0.15) is 0 Å². The molecule has 0 aromatic heterocycles. The van der Waals surface area contributed by atoms with Crippen molar-refractivity contribution in [3.8, 4) is 11.5 Å². The Labute approximate surface area is 199 Å². The second kappa shape index (κ2) is 12.4. The van der Waals surface area contributed by atoms with Crippen molar-refractivity contribution in [2.75, 3.05) is 14.2 Å². The van der Waals surface area contributed by atoms with Crippen LogP contribution < -0.4 is 9.47 Å². The molecule has 0 fully saturated rings. The lowest BCUT2D eigenvalue weighted by molar-refractivity contribution is -0.150. The van der Waals surface area contributed by atoms with Crippen LogP contribution in [0.1, 0.15) is 57.4 Å². The van der Waals surface area contributed by atoms with Gasteiger partial charge in [0.2, 0.25) is 5.78 Å². The molecule has 1 atom stereocenters. The molecule has 33 heavy (non-hydrogen) atoms. The first-order chi connectivity index (χ1) is 15.7. The van der Waals surface area contributed by atoms with E-state index in [-0.39, 0.29) is 17.2 Å². The number of Topliss-reactive ketones (excluding diaryl/α,β-unsaturated/α-hetero) is 1.